The molecule has 2 aromatic rings. The number of benzene rings is 2. The van der Waals surface area contributed by atoms with E-state index in [0.717, 1.165) is 9.87 Å². The summed E-state index contributed by atoms with van der Waals surface area (Å²) >= 11 is 6.17. The lowest BCUT2D eigenvalue weighted by molar-refractivity contribution is -0.115. The summed E-state index contributed by atoms with van der Waals surface area (Å²) in [5.41, 5.74) is 1.16. The van der Waals surface area contributed by atoms with Crippen molar-refractivity contribution in [3.63, 3.8) is 0 Å². The lowest BCUT2D eigenvalue weighted by atomic mass is 10.1. The Bertz CT molecular complexity index is 948. The van der Waals surface area contributed by atoms with Gasteiger partial charge < -0.3 is 15.4 Å². The number of carbonyl (C=O) groups excluding carboxylic acids is 1. The number of halogens is 1. The van der Waals surface area contributed by atoms with Gasteiger partial charge in [-0.1, -0.05) is 29.8 Å². The molecule has 0 spiro atoms. The molecule has 0 aromatic heterocycles. The average molecular weight is 426 g/mol. The predicted molar refractivity (Wildman–Crippen MR) is 110 cm³/mol. The number of anilines is 1. The second-order valence-electron chi connectivity index (χ2n) is 6.32. The molecule has 28 heavy (non-hydrogen) atoms. The van der Waals surface area contributed by atoms with Gasteiger partial charge in [0.25, 0.3) is 0 Å². The predicted octanol–water partition coefficient (Wildman–Crippen LogP) is 2.89. The summed E-state index contributed by atoms with van der Waals surface area (Å²) in [7, 11) is 0.701. The topological polar surface area (TPSA) is 87.7 Å². The monoisotopic (exact) mass is 425 g/mol. The summed E-state index contributed by atoms with van der Waals surface area (Å²) in [6.45, 7) is 1.92. The van der Waals surface area contributed by atoms with E-state index in [1.165, 1.54) is 39.4 Å². The van der Waals surface area contributed by atoms with Crippen molar-refractivity contribution >= 4 is 33.2 Å². The molecule has 0 radical (unpaired) electrons. The Morgan fingerprint density at radius 1 is 1.21 bits per heavy atom. The zero-order valence-corrected chi connectivity index (χ0v) is 17.8. The zero-order chi connectivity index (χ0) is 20.9. The fourth-order valence-electron chi connectivity index (χ4n) is 2.53. The van der Waals surface area contributed by atoms with Crippen molar-refractivity contribution in [3.8, 4) is 5.75 Å². The lowest BCUT2D eigenvalue weighted by Gasteiger charge is -2.17. The van der Waals surface area contributed by atoms with Gasteiger partial charge >= 0.3 is 0 Å². The first kappa shape index (κ1) is 22.2. The molecule has 0 saturated carbocycles. The van der Waals surface area contributed by atoms with E-state index >= 15 is 0 Å². The third kappa shape index (κ3) is 5.23. The molecule has 152 valence electrons. The molecule has 9 heteroatoms. The molecule has 0 aliphatic heterocycles. The number of hydrogen-bond donors (Lipinski definition) is 2. The van der Waals surface area contributed by atoms with Gasteiger partial charge in [-0.05, 0) is 36.8 Å². The second kappa shape index (κ2) is 9.38. The van der Waals surface area contributed by atoms with Gasteiger partial charge in [-0.15, -0.1) is 0 Å². The van der Waals surface area contributed by atoms with Crippen LogP contribution in [0.1, 0.15) is 18.5 Å². The molecule has 1 atom stereocenters. The van der Waals surface area contributed by atoms with E-state index in [1.807, 2.05) is 25.1 Å². The van der Waals surface area contributed by atoms with E-state index in [4.69, 9.17) is 16.3 Å². The highest BCUT2D eigenvalue weighted by Crippen LogP contribution is 2.28. The van der Waals surface area contributed by atoms with Gasteiger partial charge in [0.2, 0.25) is 15.9 Å². The van der Waals surface area contributed by atoms with Crippen LogP contribution in [0.2, 0.25) is 5.02 Å². The van der Waals surface area contributed by atoms with Crippen LogP contribution in [-0.4, -0.2) is 46.4 Å². The number of rotatable bonds is 8. The van der Waals surface area contributed by atoms with Crippen molar-refractivity contribution < 1.29 is 17.9 Å². The third-order valence-corrected chi connectivity index (χ3v) is 6.32. The average Bonchev–Trinajstić information content (AvgIpc) is 2.66. The Labute approximate surface area is 170 Å². The maximum atomic E-state index is 12.4. The second-order valence-corrected chi connectivity index (χ2v) is 8.88. The number of hydrogen-bond acceptors (Lipinski definition) is 5. The number of carbonyl (C=O) groups is 1. The van der Waals surface area contributed by atoms with Crippen LogP contribution in [0.5, 0.6) is 5.75 Å². The van der Waals surface area contributed by atoms with Gasteiger partial charge in [-0.3, -0.25) is 4.79 Å². The Kier molecular flexibility index (Phi) is 7.42. The first-order chi connectivity index (χ1) is 13.2. The van der Waals surface area contributed by atoms with Crippen molar-refractivity contribution in [2.75, 3.05) is 33.1 Å². The Morgan fingerprint density at radius 2 is 1.89 bits per heavy atom. The molecule has 1 amide bonds. The summed E-state index contributed by atoms with van der Waals surface area (Å²) in [5.74, 6) is 0.0295. The summed E-state index contributed by atoms with van der Waals surface area (Å²) in [4.78, 5) is 12.4. The van der Waals surface area contributed by atoms with E-state index in [9.17, 15) is 13.2 Å². The van der Waals surface area contributed by atoms with Crippen molar-refractivity contribution in [2.24, 2.45) is 0 Å². The molecular formula is C19H24ClN3O4S. The van der Waals surface area contributed by atoms with Gasteiger partial charge in [-0.25, -0.2) is 12.7 Å². The lowest BCUT2D eigenvalue weighted by Crippen LogP contribution is -2.30. The number of ether oxygens (including phenoxy) is 1. The number of nitrogens with zero attached hydrogens (tertiary/aromatic N) is 1. The maximum absolute atomic E-state index is 12.4. The van der Waals surface area contributed by atoms with Gasteiger partial charge in [0.05, 0.1) is 24.2 Å². The van der Waals surface area contributed by atoms with Crippen LogP contribution < -0.4 is 15.4 Å². The number of methoxy groups -OCH3 is 1. The number of amides is 1. The van der Waals surface area contributed by atoms with Crippen LogP contribution >= 0.6 is 11.6 Å². The maximum Gasteiger partial charge on any atom is 0.242 e. The highest BCUT2D eigenvalue weighted by molar-refractivity contribution is 7.89. The molecule has 2 N–H and O–H groups in total. The van der Waals surface area contributed by atoms with E-state index in [1.54, 1.807) is 6.07 Å². The molecule has 7 nitrogen and oxygen atoms in total. The summed E-state index contributed by atoms with van der Waals surface area (Å²) in [5, 5.41) is 6.41. The third-order valence-electron chi connectivity index (χ3n) is 4.16. The normalized spacial score (nSPS) is 12.6. The van der Waals surface area contributed by atoms with E-state index in [0.29, 0.717) is 10.8 Å². The molecule has 0 bridgehead atoms. The summed E-state index contributed by atoms with van der Waals surface area (Å²) in [6.07, 6.45) is 0. The van der Waals surface area contributed by atoms with Gasteiger partial charge in [0.1, 0.15) is 5.75 Å². The van der Waals surface area contributed by atoms with Crippen LogP contribution in [0, 0.1) is 0 Å². The molecule has 0 unspecified atom stereocenters. The quantitative estimate of drug-likeness (QED) is 0.679. The molecular weight excluding hydrogens is 402 g/mol. The minimum atomic E-state index is -3.63. The smallest absolute Gasteiger partial charge is 0.242 e. The molecule has 0 fully saturated rings. The highest BCUT2D eigenvalue weighted by Gasteiger charge is 2.20. The number of sulfonamides is 1. The first-order valence-corrected chi connectivity index (χ1v) is 10.4. The van der Waals surface area contributed by atoms with Crippen molar-refractivity contribution in [3.05, 3.63) is 53.1 Å². The van der Waals surface area contributed by atoms with Crippen LogP contribution in [0.3, 0.4) is 0 Å². The largest absolute Gasteiger partial charge is 0.495 e. The van der Waals surface area contributed by atoms with E-state index < -0.39 is 10.0 Å². The Hall–Kier alpha value is -2.13. The van der Waals surface area contributed by atoms with E-state index in [-0.39, 0.29) is 29.1 Å². The Balaban J connectivity index is 2.11. The molecule has 0 heterocycles. The van der Waals surface area contributed by atoms with Crippen molar-refractivity contribution in [1.29, 1.82) is 0 Å². The van der Waals surface area contributed by atoms with Crippen molar-refractivity contribution in [2.45, 2.75) is 17.9 Å². The highest BCUT2D eigenvalue weighted by atomic mass is 35.5. The molecule has 0 saturated heterocycles. The van der Waals surface area contributed by atoms with Crippen LogP contribution in [0.15, 0.2) is 47.4 Å². The van der Waals surface area contributed by atoms with E-state index in [2.05, 4.69) is 10.6 Å². The van der Waals surface area contributed by atoms with Gasteiger partial charge in [-0.2, -0.15) is 0 Å². The minimum Gasteiger partial charge on any atom is -0.495 e. The Morgan fingerprint density at radius 3 is 2.50 bits per heavy atom. The fourth-order valence-corrected chi connectivity index (χ4v) is 3.76. The standard InChI is InChI=1S/C19H24ClN3O4S/c1-13(15-7-5-6-8-16(15)20)21-12-19(24)22-17-11-14(9-10-18(17)27-4)28(25,26)23(2)3/h5-11,13,21H,12H2,1-4H3,(H,22,24)/t13-/m1/s1. The molecule has 0 aliphatic rings. The van der Waals surface area contributed by atoms with Gasteiger partial charge in [0.15, 0.2) is 0 Å². The first-order valence-electron chi connectivity index (χ1n) is 8.55. The van der Waals surface area contributed by atoms with Crippen molar-refractivity contribution in [1.82, 2.24) is 9.62 Å². The SMILES string of the molecule is COc1ccc(S(=O)(=O)N(C)C)cc1NC(=O)CN[C@H](C)c1ccccc1Cl. The summed E-state index contributed by atoms with van der Waals surface area (Å²) in [6, 6.07) is 11.6. The molecule has 0 aliphatic carbocycles. The number of nitrogens with one attached hydrogen (secondary N) is 2. The fraction of sp³-hybridized carbons (Fsp3) is 0.316. The minimum absolute atomic E-state index is 0.0141. The summed E-state index contributed by atoms with van der Waals surface area (Å²) < 4.78 is 31.0. The van der Waals surface area contributed by atoms with Crippen LogP contribution in [-0.2, 0) is 14.8 Å². The van der Waals surface area contributed by atoms with Crippen LogP contribution in [0.4, 0.5) is 5.69 Å². The zero-order valence-electron chi connectivity index (χ0n) is 16.2. The van der Waals surface area contributed by atoms with Gasteiger partial charge in [0, 0.05) is 25.2 Å². The molecule has 2 rings (SSSR count). The van der Waals surface area contributed by atoms with Crippen LogP contribution in [0.25, 0.3) is 0 Å². The molecule has 2 aromatic carbocycles.